The lowest BCUT2D eigenvalue weighted by molar-refractivity contribution is -0.0151. The molecule has 31 heavy (non-hydrogen) atoms. The molecule has 1 aliphatic carbocycles. The Morgan fingerprint density at radius 2 is 1.81 bits per heavy atom. The third-order valence-electron chi connectivity index (χ3n) is 6.56. The van der Waals surface area contributed by atoms with Crippen LogP contribution in [0.5, 0.6) is 0 Å². The highest BCUT2D eigenvalue weighted by atomic mass is 19.3. The van der Waals surface area contributed by atoms with Crippen LogP contribution in [0.3, 0.4) is 0 Å². The van der Waals surface area contributed by atoms with Crippen LogP contribution in [0, 0.1) is 5.92 Å². The molecule has 1 saturated heterocycles. The van der Waals surface area contributed by atoms with Crippen molar-refractivity contribution in [2.75, 3.05) is 13.1 Å². The zero-order chi connectivity index (χ0) is 21.5. The van der Waals surface area contributed by atoms with Gasteiger partial charge in [-0.25, -0.2) is 18.3 Å². The Labute approximate surface area is 177 Å². The van der Waals surface area contributed by atoms with Crippen LogP contribution in [0.4, 0.5) is 8.78 Å². The summed E-state index contributed by atoms with van der Waals surface area (Å²) in [6.07, 6.45) is 5.24. The number of aromatic nitrogens is 3. The number of fused-ring (bicyclic) bond motifs is 1. The second-order valence-electron chi connectivity index (χ2n) is 8.59. The SMILES string of the molecule is O=C(c1c[nH]n2c(=O)cc(-c3ccc(C4CCCCC4)cc3)nc12)N1CC(C(F)F)C1. The molecule has 2 aliphatic rings. The van der Waals surface area contributed by atoms with E-state index in [1.165, 1.54) is 59.3 Å². The van der Waals surface area contributed by atoms with Gasteiger partial charge in [-0.05, 0) is 24.3 Å². The Morgan fingerprint density at radius 3 is 2.48 bits per heavy atom. The van der Waals surface area contributed by atoms with Crippen molar-refractivity contribution in [2.45, 2.75) is 44.4 Å². The maximum absolute atomic E-state index is 12.8. The first-order chi connectivity index (χ1) is 15.0. The molecule has 2 aromatic heterocycles. The molecular weight excluding hydrogens is 402 g/mol. The standard InChI is InChI=1S/C23H24F2N4O2/c24-21(25)17-12-28(13-17)23(31)18-11-26-29-20(30)10-19(27-22(18)29)16-8-6-15(7-9-16)14-4-2-1-3-5-14/h6-11,14,17,21,26H,1-5,12-13H2. The Morgan fingerprint density at radius 1 is 1.10 bits per heavy atom. The van der Waals surface area contributed by atoms with E-state index in [1.807, 2.05) is 12.1 Å². The van der Waals surface area contributed by atoms with E-state index in [1.54, 1.807) is 0 Å². The Bertz CT molecular complexity index is 1160. The van der Waals surface area contributed by atoms with Crippen LogP contribution < -0.4 is 5.56 Å². The van der Waals surface area contributed by atoms with Gasteiger partial charge in [0.1, 0.15) is 5.56 Å². The van der Waals surface area contributed by atoms with Crippen LogP contribution in [0.15, 0.2) is 41.3 Å². The summed E-state index contributed by atoms with van der Waals surface area (Å²) >= 11 is 0. The number of hydrogen-bond donors (Lipinski definition) is 1. The molecule has 2 fully saturated rings. The molecule has 1 N–H and O–H groups in total. The summed E-state index contributed by atoms with van der Waals surface area (Å²) in [6.45, 7) is 0.0286. The third kappa shape index (κ3) is 3.64. The first kappa shape index (κ1) is 19.9. The van der Waals surface area contributed by atoms with E-state index in [9.17, 15) is 18.4 Å². The Kier molecular flexibility index (Phi) is 5.08. The summed E-state index contributed by atoms with van der Waals surface area (Å²) in [4.78, 5) is 31.3. The van der Waals surface area contributed by atoms with Gasteiger partial charge in [0.25, 0.3) is 11.5 Å². The topological polar surface area (TPSA) is 70.5 Å². The van der Waals surface area contributed by atoms with Crippen LogP contribution in [0.2, 0.25) is 0 Å². The minimum atomic E-state index is -2.43. The van der Waals surface area contributed by atoms with Crippen molar-refractivity contribution in [3.8, 4) is 11.3 Å². The number of halogens is 2. The van der Waals surface area contributed by atoms with E-state index in [0.29, 0.717) is 11.6 Å². The van der Waals surface area contributed by atoms with E-state index < -0.39 is 18.3 Å². The minimum Gasteiger partial charge on any atom is -0.337 e. The minimum absolute atomic E-state index is 0.0143. The molecule has 1 aromatic carbocycles. The van der Waals surface area contributed by atoms with Gasteiger partial charge in [0.2, 0.25) is 6.43 Å². The second-order valence-corrected chi connectivity index (χ2v) is 8.59. The molecule has 0 radical (unpaired) electrons. The Balaban J connectivity index is 1.43. The van der Waals surface area contributed by atoms with Crippen LogP contribution in [0.1, 0.15) is 53.9 Å². The van der Waals surface area contributed by atoms with Crippen molar-refractivity contribution in [3.63, 3.8) is 0 Å². The molecule has 6 nitrogen and oxygen atoms in total. The molecule has 3 aromatic rings. The van der Waals surface area contributed by atoms with Gasteiger partial charge in [-0.3, -0.25) is 14.7 Å². The zero-order valence-electron chi connectivity index (χ0n) is 17.1. The largest absolute Gasteiger partial charge is 0.337 e. The van der Waals surface area contributed by atoms with Gasteiger partial charge in [-0.15, -0.1) is 0 Å². The van der Waals surface area contributed by atoms with E-state index in [2.05, 4.69) is 22.2 Å². The van der Waals surface area contributed by atoms with Crippen molar-refractivity contribution in [1.82, 2.24) is 19.5 Å². The lowest BCUT2D eigenvalue weighted by atomic mass is 9.84. The van der Waals surface area contributed by atoms with Crippen LogP contribution in [-0.4, -0.2) is 44.9 Å². The van der Waals surface area contributed by atoms with Gasteiger partial charge in [-0.2, -0.15) is 0 Å². The van der Waals surface area contributed by atoms with E-state index >= 15 is 0 Å². The van der Waals surface area contributed by atoms with Crippen molar-refractivity contribution in [2.24, 2.45) is 5.92 Å². The lowest BCUT2D eigenvalue weighted by Gasteiger charge is -2.38. The van der Waals surface area contributed by atoms with Crippen molar-refractivity contribution in [1.29, 1.82) is 0 Å². The third-order valence-corrected chi connectivity index (χ3v) is 6.56. The maximum Gasteiger partial charge on any atom is 0.273 e. The number of nitrogens with zero attached hydrogens (tertiary/aromatic N) is 3. The van der Waals surface area contributed by atoms with Crippen molar-refractivity contribution in [3.05, 3.63) is 58.0 Å². The molecule has 5 rings (SSSR count). The normalized spacial score (nSPS) is 18.0. The van der Waals surface area contributed by atoms with E-state index in [-0.39, 0.29) is 29.9 Å². The van der Waals surface area contributed by atoms with Crippen molar-refractivity contribution < 1.29 is 13.6 Å². The number of benzene rings is 1. The fraction of sp³-hybridized carbons (Fsp3) is 0.435. The number of nitrogens with one attached hydrogen (secondary N) is 1. The fourth-order valence-corrected chi connectivity index (χ4v) is 4.66. The number of carbonyl (C=O) groups is 1. The van der Waals surface area contributed by atoms with Gasteiger partial charge < -0.3 is 4.90 Å². The molecule has 3 heterocycles. The number of likely N-dealkylation sites (tertiary alicyclic amines) is 1. The highest BCUT2D eigenvalue weighted by molar-refractivity contribution is 6.00. The van der Waals surface area contributed by atoms with Gasteiger partial charge in [-0.1, -0.05) is 43.5 Å². The molecule has 1 aliphatic heterocycles. The first-order valence-corrected chi connectivity index (χ1v) is 10.8. The van der Waals surface area contributed by atoms with Crippen LogP contribution in [0.25, 0.3) is 16.9 Å². The first-order valence-electron chi connectivity index (χ1n) is 10.8. The summed E-state index contributed by atoms with van der Waals surface area (Å²) < 4.78 is 26.7. The van der Waals surface area contributed by atoms with E-state index in [4.69, 9.17) is 0 Å². The molecule has 8 heteroatoms. The maximum atomic E-state index is 12.8. The lowest BCUT2D eigenvalue weighted by Crippen LogP contribution is -2.52. The van der Waals surface area contributed by atoms with Gasteiger partial charge in [0.15, 0.2) is 5.65 Å². The van der Waals surface area contributed by atoms with Gasteiger partial charge in [0, 0.05) is 30.9 Å². The van der Waals surface area contributed by atoms with Gasteiger partial charge >= 0.3 is 0 Å². The number of hydrogen-bond acceptors (Lipinski definition) is 3. The summed E-state index contributed by atoms with van der Waals surface area (Å²) in [6, 6.07) is 9.58. The predicted octanol–water partition coefficient (Wildman–Crippen LogP) is 4.07. The summed E-state index contributed by atoms with van der Waals surface area (Å²) in [5.41, 5.74) is 2.70. The molecule has 0 spiro atoms. The zero-order valence-corrected chi connectivity index (χ0v) is 17.1. The predicted molar refractivity (Wildman–Crippen MR) is 112 cm³/mol. The number of aromatic amines is 1. The fourth-order valence-electron chi connectivity index (χ4n) is 4.66. The molecule has 162 valence electrons. The quantitative estimate of drug-likeness (QED) is 0.684. The molecule has 0 atom stereocenters. The smallest absolute Gasteiger partial charge is 0.273 e. The summed E-state index contributed by atoms with van der Waals surface area (Å²) in [7, 11) is 0. The highest BCUT2D eigenvalue weighted by Gasteiger charge is 2.38. The average Bonchev–Trinajstić information content (AvgIpc) is 3.18. The summed E-state index contributed by atoms with van der Waals surface area (Å²) in [5, 5.41) is 2.75. The number of carbonyl (C=O) groups excluding carboxylic acids is 1. The number of alkyl halides is 2. The molecule has 1 saturated carbocycles. The number of rotatable bonds is 4. The van der Waals surface area contributed by atoms with Crippen LogP contribution >= 0.6 is 0 Å². The molecule has 0 bridgehead atoms. The molecular formula is C23H24F2N4O2. The highest BCUT2D eigenvalue weighted by Crippen LogP contribution is 2.33. The second kappa shape index (κ2) is 7.90. The van der Waals surface area contributed by atoms with Gasteiger partial charge in [0.05, 0.1) is 11.6 Å². The summed E-state index contributed by atoms with van der Waals surface area (Å²) in [5.74, 6) is -0.596. The molecule has 0 unspecified atom stereocenters. The Hall–Kier alpha value is -3.03. The monoisotopic (exact) mass is 426 g/mol. The van der Waals surface area contributed by atoms with Crippen molar-refractivity contribution >= 4 is 11.6 Å². The van der Waals surface area contributed by atoms with Crippen LogP contribution in [-0.2, 0) is 0 Å². The molecule has 1 amide bonds. The van der Waals surface area contributed by atoms with E-state index in [0.717, 1.165) is 5.56 Å². The number of H-pyrrole nitrogens is 1. The average molecular weight is 426 g/mol. The number of amides is 1.